The van der Waals surface area contributed by atoms with E-state index >= 15 is 0 Å². The first kappa shape index (κ1) is 22.5. The van der Waals surface area contributed by atoms with E-state index in [4.69, 9.17) is 0 Å². The highest BCUT2D eigenvalue weighted by atomic mass is 32.1. The molecule has 1 heterocycles. The van der Waals surface area contributed by atoms with E-state index in [9.17, 15) is 9.59 Å². The van der Waals surface area contributed by atoms with Crippen LogP contribution in [-0.2, 0) is 11.2 Å². The zero-order chi connectivity index (χ0) is 21.2. The van der Waals surface area contributed by atoms with E-state index in [1.54, 1.807) is 11.1 Å². The Hall–Kier alpha value is -2.21. The van der Waals surface area contributed by atoms with E-state index in [-0.39, 0.29) is 24.4 Å². The Bertz CT molecular complexity index is 783. The Balaban J connectivity index is 1.65. The van der Waals surface area contributed by atoms with Crippen LogP contribution >= 0.6 is 11.3 Å². The fourth-order valence-corrected chi connectivity index (χ4v) is 4.64. The molecule has 6 heteroatoms. The summed E-state index contributed by atoms with van der Waals surface area (Å²) in [6, 6.07) is 8.10. The predicted molar refractivity (Wildman–Crippen MR) is 123 cm³/mol. The highest BCUT2D eigenvalue weighted by Gasteiger charge is 2.28. The van der Waals surface area contributed by atoms with Crippen LogP contribution in [0.5, 0.6) is 0 Å². The van der Waals surface area contributed by atoms with E-state index < -0.39 is 0 Å². The number of benzene rings is 1. The fourth-order valence-electron chi connectivity index (χ4n) is 4.09. The van der Waals surface area contributed by atoms with Crippen molar-refractivity contribution in [3.8, 4) is 0 Å². The molecule has 1 aliphatic carbocycles. The lowest BCUT2D eigenvalue weighted by Gasteiger charge is -2.34. The number of aromatic nitrogens is 1. The van der Waals surface area contributed by atoms with Crippen LogP contribution in [0.3, 0.4) is 0 Å². The molecule has 162 valence electrons. The Morgan fingerprint density at radius 2 is 1.87 bits per heavy atom. The molecular weight excluding hydrogens is 394 g/mol. The molecule has 1 fully saturated rings. The van der Waals surface area contributed by atoms with Gasteiger partial charge >= 0.3 is 0 Å². The number of carbonyl (C=O) groups excluding carboxylic acids is 2. The van der Waals surface area contributed by atoms with Gasteiger partial charge in [0, 0.05) is 23.2 Å². The van der Waals surface area contributed by atoms with Crippen molar-refractivity contribution in [3.05, 3.63) is 47.0 Å². The van der Waals surface area contributed by atoms with E-state index in [1.807, 2.05) is 17.5 Å². The average molecular weight is 428 g/mol. The normalized spacial score (nSPS) is 14.4. The van der Waals surface area contributed by atoms with Gasteiger partial charge in [0.05, 0.1) is 0 Å². The molecule has 1 aromatic carbocycles. The Morgan fingerprint density at radius 3 is 2.53 bits per heavy atom. The molecule has 0 unspecified atom stereocenters. The third kappa shape index (κ3) is 6.66. The first-order valence-electron chi connectivity index (χ1n) is 11.3. The summed E-state index contributed by atoms with van der Waals surface area (Å²) in [5.74, 6) is -0.231. The number of hydrogen-bond acceptors (Lipinski definition) is 4. The first-order valence-corrected chi connectivity index (χ1v) is 12.1. The Labute approximate surface area is 183 Å². The van der Waals surface area contributed by atoms with Gasteiger partial charge in [-0.2, -0.15) is 0 Å². The van der Waals surface area contributed by atoms with Crippen molar-refractivity contribution in [2.75, 3.05) is 11.9 Å². The molecule has 0 bridgehead atoms. The molecule has 1 N–H and O–H groups in total. The predicted octanol–water partition coefficient (Wildman–Crippen LogP) is 5.68. The maximum absolute atomic E-state index is 13.3. The molecule has 1 saturated carbocycles. The molecule has 5 nitrogen and oxygen atoms in total. The third-order valence-corrected chi connectivity index (χ3v) is 6.48. The lowest BCUT2D eigenvalue weighted by molar-refractivity contribution is -0.117. The van der Waals surface area contributed by atoms with Crippen LogP contribution in [-0.4, -0.2) is 34.3 Å². The van der Waals surface area contributed by atoms with Crippen LogP contribution in [0.25, 0.3) is 0 Å². The van der Waals surface area contributed by atoms with Gasteiger partial charge in [0.25, 0.3) is 5.91 Å². The van der Waals surface area contributed by atoms with E-state index in [0.29, 0.717) is 10.7 Å². The molecule has 0 atom stereocenters. The maximum atomic E-state index is 13.3. The second-order valence-corrected chi connectivity index (χ2v) is 9.01. The van der Waals surface area contributed by atoms with Gasteiger partial charge < -0.3 is 10.2 Å². The molecule has 2 amide bonds. The zero-order valence-corrected chi connectivity index (χ0v) is 18.8. The number of nitrogens with one attached hydrogen (secondary N) is 1. The number of thiazole rings is 1. The molecule has 30 heavy (non-hydrogen) atoms. The lowest BCUT2D eigenvalue weighted by atomic mass is 9.93. The second kappa shape index (κ2) is 11.8. The van der Waals surface area contributed by atoms with Crippen molar-refractivity contribution >= 4 is 28.3 Å². The minimum absolute atomic E-state index is 0.0475. The Kier molecular flexibility index (Phi) is 8.87. The fraction of sp³-hybridized carbons (Fsp3) is 0.542. The van der Waals surface area contributed by atoms with Gasteiger partial charge in [-0.1, -0.05) is 57.6 Å². The van der Waals surface area contributed by atoms with E-state index in [1.165, 1.54) is 49.0 Å². The largest absolute Gasteiger partial charge is 0.326 e. The molecule has 1 aliphatic rings. The monoisotopic (exact) mass is 427 g/mol. The van der Waals surface area contributed by atoms with E-state index in [2.05, 4.69) is 29.4 Å². The molecule has 0 radical (unpaired) electrons. The number of carbonyl (C=O) groups is 2. The zero-order valence-electron chi connectivity index (χ0n) is 17.9. The van der Waals surface area contributed by atoms with Crippen LogP contribution in [0.4, 0.5) is 5.13 Å². The third-order valence-electron chi connectivity index (χ3n) is 5.79. The van der Waals surface area contributed by atoms with Gasteiger partial charge in [0.2, 0.25) is 5.91 Å². The van der Waals surface area contributed by atoms with Gasteiger partial charge in [0.15, 0.2) is 5.13 Å². The smallest absolute Gasteiger partial charge is 0.254 e. The van der Waals surface area contributed by atoms with Crippen LogP contribution < -0.4 is 5.32 Å². The van der Waals surface area contributed by atoms with Crippen LogP contribution in [0.2, 0.25) is 0 Å². The van der Waals surface area contributed by atoms with E-state index in [0.717, 1.165) is 32.1 Å². The molecule has 0 aliphatic heterocycles. The van der Waals surface area contributed by atoms with Crippen molar-refractivity contribution < 1.29 is 9.59 Å². The van der Waals surface area contributed by atoms with Gasteiger partial charge in [-0.25, -0.2) is 4.98 Å². The quantitative estimate of drug-likeness (QED) is 0.496. The first-order chi connectivity index (χ1) is 14.7. The van der Waals surface area contributed by atoms with Crippen molar-refractivity contribution in [2.45, 2.75) is 77.2 Å². The van der Waals surface area contributed by atoms with Gasteiger partial charge in [-0.05, 0) is 43.4 Å². The number of anilines is 1. The van der Waals surface area contributed by atoms with Crippen molar-refractivity contribution in [1.29, 1.82) is 0 Å². The molecular formula is C24H33N3O2S. The summed E-state index contributed by atoms with van der Waals surface area (Å²) in [7, 11) is 0. The topological polar surface area (TPSA) is 62.3 Å². The average Bonchev–Trinajstić information content (AvgIpc) is 3.28. The summed E-state index contributed by atoms with van der Waals surface area (Å²) in [6.07, 6.45) is 13.0. The molecule has 2 aromatic rings. The van der Waals surface area contributed by atoms with Crippen LogP contribution in [0.15, 0.2) is 35.8 Å². The number of amides is 2. The Morgan fingerprint density at radius 1 is 1.10 bits per heavy atom. The van der Waals surface area contributed by atoms with Gasteiger partial charge in [0.1, 0.15) is 6.54 Å². The standard InChI is InChI=1S/C24H33N3O2S/c1-2-3-4-6-9-19-12-14-20(15-13-19)23(29)27(21-10-7-5-8-11-21)18-22(28)26-24-25-16-17-30-24/h12-17,21H,2-11,18H2,1H3,(H,25,26,28). The summed E-state index contributed by atoms with van der Waals surface area (Å²) in [4.78, 5) is 31.8. The minimum Gasteiger partial charge on any atom is -0.326 e. The molecule has 0 saturated heterocycles. The molecule has 3 rings (SSSR count). The van der Waals surface area contributed by atoms with Crippen molar-refractivity contribution in [2.24, 2.45) is 0 Å². The second-order valence-electron chi connectivity index (χ2n) is 8.12. The minimum atomic E-state index is -0.184. The molecule has 0 spiro atoms. The van der Waals surface area contributed by atoms with Gasteiger partial charge in [-0.15, -0.1) is 11.3 Å². The molecule has 1 aromatic heterocycles. The summed E-state index contributed by atoms with van der Waals surface area (Å²) >= 11 is 1.38. The number of unbranched alkanes of at least 4 members (excludes halogenated alkanes) is 3. The number of nitrogens with zero attached hydrogens (tertiary/aromatic N) is 2. The van der Waals surface area contributed by atoms with Crippen molar-refractivity contribution in [1.82, 2.24) is 9.88 Å². The lowest BCUT2D eigenvalue weighted by Crippen LogP contribution is -2.45. The van der Waals surface area contributed by atoms with Crippen molar-refractivity contribution in [3.63, 3.8) is 0 Å². The summed E-state index contributed by atoms with van der Waals surface area (Å²) < 4.78 is 0. The van der Waals surface area contributed by atoms with Crippen LogP contribution in [0, 0.1) is 0 Å². The number of hydrogen-bond donors (Lipinski definition) is 1. The highest BCUT2D eigenvalue weighted by Crippen LogP contribution is 2.24. The summed E-state index contributed by atoms with van der Waals surface area (Å²) in [6.45, 7) is 2.29. The highest BCUT2D eigenvalue weighted by molar-refractivity contribution is 7.13. The number of rotatable bonds is 10. The number of aryl methyl sites for hydroxylation is 1. The SMILES string of the molecule is CCCCCCc1ccc(C(=O)N(CC(=O)Nc2nccs2)C2CCCCC2)cc1. The maximum Gasteiger partial charge on any atom is 0.254 e. The van der Waals surface area contributed by atoms with Crippen LogP contribution in [0.1, 0.15) is 80.6 Å². The summed E-state index contributed by atoms with van der Waals surface area (Å²) in [5.41, 5.74) is 1.94. The summed E-state index contributed by atoms with van der Waals surface area (Å²) in [5, 5.41) is 5.21. The van der Waals surface area contributed by atoms with Gasteiger partial charge in [-0.3, -0.25) is 9.59 Å².